The molecular formula is C22H41N2O6P. The minimum absolute atomic E-state index is 0.162. The molecule has 0 aliphatic carbocycles. The zero-order valence-corrected chi connectivity index (χ0v) is 22.0. The molecule has 0 amide bonds. The Kier molecular flexibility index (Phi) is 9.52. The molecule has 1 rings (SSSR count). The fourth-order valence-electron chi connectivity index (χ4n) is 2.83. The Bertz CT molecular complexity index is 771. The van der Waals surface area contributed by atoms with E-state index in [0.29, 0.717) is 5.56 Å². The zero-order chi connectivity index (χ0) is 24.2. The van der Waals surface area contributed by atoms with Gasteiger partial charge in [-0.05, 0) is 39.5 Å². The average Bonchev–Trinajstić information content (AvgIpc) is 2.92. The summed E-state index contributed by atoms with van der Waals surface area (Å²) in [5.74, 6) is -0.185. The maximum Gasteiger partial charge on any atom is 0.476 e. The fourth-order valence-corrected chi connectivity index (χ4v) is 4.27. The van der Waals surface area contributed by atoms with Crippen molar-refractivity contribution >= 4 is 13.8 Å². The summed E-state index contributed by atoms with van der Waals surface area (Å²) in [5.41, 5.74) is 0.711. The third-order valence-electron chi connectivity index (χ3n) is 3.96. The van der Waals surface area contributed by atoms with Crippen LogP contribution in [0.1, 0.15) is 91.0 Å². The van der Waals surface area contributed by atoms with Gasteiger partial charge in [-0.15, -0.1) is 0 Å². The van der Waals surface area contributed by atoms with Crippen LogP contribution in [0.3, 0.4) is 0 Å². The molecule has 1 aromatic rings. The molecule has 1 heterocycles. The van der Waals surface area contributed by atoms with Crippen LogP contribution in [0.25, 0.3) is 0 Å². The molecule has 0 spiro atoms. The van der Waals surface area contributed by atoms with E-state index < -0.39 is 19.4 Å². The number of hydrogen-bond acceptors (Lipinski definition) is 7. The molecule has 0 aliphatic rings. The van der Waals surface area contributed by atoms with Crippen molar-refractivity contribution in [1.82, 2.24) is 9.78 Å². The predicted octanol–water partition coefficient (Wildman–Crippen LogP) is 5.87. The number of aromatic nitrogens is 2. The number of rotatable bonds is 10. The summed E-state index contributed by atoms with van der Waals surface area (Å²) in [7, 11) is -3.80. The number of phosphoric ester groups is 1. The molecule has 9 heteroatoms. The summed E-state index contributed by atoms with van der Waals surface area (Å²) in [6.07, 6.45) is 0. The normalized spacial score (nSPS) is 13.3. The Morgan fingerprint density at radius 2 is 1.45 bits per heavy atom. The quantitative estimate of drug-likeness (QED) is 0.318. The second kappa shape index (κ2) is 10.6. The number of esters is 1. The molecule has 0 N–H and O–H groups in total. The van der Waals surface area contributed by atoms with Crippen LogP contribution in [-0.2, 0) is 35.0 Å². The number of phosphoric acid groups is 1. The molecule has 0 bridgehead atoms. The van der Waals surface area contributed by atoms with Crippen LogP contribution in [0.15, 0.2) is 0 Å². The molecule has 31 heavy (non-hydrogen) atoms. The van der Waals surface area contributed by atoms with E-state index in [-0.39, 0.29) is 42.9 Å². The number of carbonyl (C=O) groups is 1. The summed E-state index contributed by atoms with van der Waals surface area (Å²) in [6.45, 7) is 21.4. The van der Waals surface area contributed by atoms with Gasteiger partial charge in [0.2, 0.25) is 0 Å². The Morgan fingerprint density at radius 3 is 1.84 bits per heavy atom. The first-order valence-electron chi connectivity index (χ1n) is 10.8. The number of ether oxygens (including phenoxy) is 1. The summed E-state index contributed by atoms with van der Waals surface area (Å²) in [4.78, 5) is 12.7. The van der Waals surface area contributed by atoms with Gasteiger partial charge in [-0.1, -0.05) is 48.5 Å². The number of carbonyl (C=O) groups excluding carboxylic acids is 1. The van der Waals surface area contributed by atoms with Gasteiger partial charge in [0, 0.05) is 11.0 Å². The van der Waals surface area contributed by atoms with Crippen molar-refractivity contribution < 1.29 is 27.7 Å². The minimum atomic E-state index is -3.80. The molecule has 0 unspecified atom stereocenters. The lowest BCUT2D eigenvalue weighted by atomic mass is 9.89. The molecule has 180 valence electrons. The van der Waals surface area contributed by atoms with E-state index in [2.05, 4.69) is 5.10 Å². The lowest BCUT2D eigenvalue weighted by Crippen LogP contribution is -2.24. The summed E-state index contributed by atoms with van der Waals surface area (Å²) in [5, 5.41) is 4.44. The average molecular weight is 461 g/mol. The molecule has 0 saturated heterocycles. The first kappa shape index (κ1) is 27.8. The molecule has 1 aromatic heterocycles. The van der Waals surface area contributed by atoms with Crippen LogP contribution in [0.5, 0.6) is 0 Å². The van der Waals surface area contributed by atoms with Crippen LogP contribution >= 0.6 is 7.82 Å². The predicted molar refractivity (Wildman–Crippen MR) is 121 cm³/mol. The topological polar surface area (TPSA) is 88.9 Å². The maximum atomic E-state index is 13.2. The van der Waals surface area contributed by atoms with Gasteiger partial charge in [0.25, 0.3) is 0 Å². The summed E-state index contributed by atoms with van der Waals surface area (Å²) >= 11 is 0. The van der Waals surface area contributed by atoms with Crippen molar-refractivity contribution in [1.29, 1.82) is 0 Å². The zero-order valence-electron chi connectivity index (χ0n) is 21.1. The largest absolute Gasteiger partial charge is 0.476 e. The van der Waals surface area contributed by atoms with Gasteiger partial charge in [-0.25, -0.2) is 14.0 Å². The van der Waals surface area contributed by atoms with Crippen molar-refractivity contribution in [2.24, 2.45) is 11.8 Å². The standard InChI is InChI=1S/C22H41N2O6P/c1-15(2)12-27-31(26,28-13-16(3)4)29-14-24-19(21(6,7)8)17(5)18(23-24)20(25)30-22(9,10)11/h15-16H,12-14H2,1-11H3. The van der Waals surface area contributed by atoms with Gasteiger partial charge in [-0.3, -0.25) is 13.6 Å². The third kappa shape index (κ3) is 9.05. The molecular weight excluding hydrogens is 419 g/mol. The van der Waals surface area contributed by atoms with Crippen molar-refractivity contribution in [3.8, 4) is 0 Å². The van der Waals surface area contributed by atoms with Gasteiger partial charge in [0.15, 0.2) is 12.4 Å². The molecule has 0 fully saturated rings. The molecule has 8 nitrogen and oxygen atoms in total. The smallest absolute Gasteiger partial charge is 0.455 e. The number of hydrogen-bond donors (Lipinski definition) is 0. The van der Waals surface area contributed by atoms with Gasteiger partial charge >= 0.3 is 13.8 Å². The Morgan fingerprint density at radius 1 is 0.968 bits per heavy atom. The van der Waals surface area contributed by atoms with E-state index in [1.165, 1.54) is 0 Å². The van der Waals surface area contributed by atoms with E-state index >= 15 is 0 Å². The molecule has 0 aliphatic heterocycles. The highest BCUT2D eigenvalue weighted by Crippen LogP contribution is 2.50. The molecule has 0 atom stereocenters. The van der Waals surface area contributed by atoms with Crippen LogP contribution in [0, 0.1) is 18.8 Å². The second-order valence-electron chi connectivity index (χ2n) is 10.7. The SMILES string of the molecule is Cc1c(C(=O)OC(C)(C)C)nn(COP(=O)(OCC(C)C)OCC(C)C)c1C(C)(C)C. The van der Waals surface area contributed by atoms with Crippen molar-refractivity contribution in [2.75, 3.05) is 13.2 Å². The lowest BCUT2D eigenvalue weighted by Gasteiger charge is -2.24. The molecule has 0 saturated carbocycles. The van der Waals surface area contributed by atoms with E-state index in [1.54, 1.807) is 25.5 Å². The lowest BCUT2D eigenvalue weighted by molar-refractivity contribution is 0.00603. The van der Waals surface area contributed by atoms with Gasteiger partial charge in [-0.2, -0.15) is 5.10 Å². The van der Waals surface area contributed by atoms with Crippen molar-refractivity contribution in [3.05, 3.63) is 17.0 Å². The maximum absolute atomic E-state index is 13.2. The fraction of sp³-hybridized carbons (Fsp3) is 0.818. The Balaban J connectivity index is 3.22. The Hall–Kier alpha value is -1.21. The minimum Gasteiger partial charge on any atom is -0.455 e. The van der Waals surface area contributed by atoms with E-state index in [0.717, 1.165) is 5.69 Å². The van der Waals surface area contributed by atoms with E-state index in [9.17, 15) is 9.36 Å². The second-order valence-corrected chi connectivity index (χ2v) is 12.3. The first-order chi connectivity index (χ1) is 13.9. The highest BCUT2D eigenvalue weighted by atomic mass is 31.2. The van der Waals surface area contributed by atoms with Gasteiger partial charge in [0.1, 0.15) is 5.60 Å². The van der Waals surface area contributed by atoms with Crippen LogP contribution in [-0.4, -0.2) is 34.6 Å². The highest BCUT2D eigenvalue weighted by molar-refractivity contribution is 7.48. The van der Waals surface area contributed by atoms with Crippen molar-refractivity contribution in [2.45, 2.75) is 93.9 Å². The van der Waals surface area contributed by atoms with Crippen LogP contribution in [0.4, 0.5) is 0 Å². The molecule has 0 aromatic carbocycles. The van der Waals surface area contributed by atoms with Crippen LogP contribution < -0.4 is 0 Å². The molecule has 0 radical (unpaired) electrons. The van der Waals surface area contributed by atoms with Crippen LogP contribution in [0.2, 0.25) is 0 Å². The monoisotopic (exact) mass is 460 g/mol. The first-order valence-corrected chi connectivity index (χ1v) is 12.3. The Labute approximate surface area is 187 Å². The third-order valence-corrected chi connectivity index (χ3v) is 5.32. The van der Waals surface area contributed by atoms with Crippen molar-refractivity contribution in [3.63, 3.8) is 0 Å². The van der Waals surface area contributed by atoms with E-state index in [4.69, 9.17) is 18.3 Å². The highest BCUT2D eigenvalue weighted by Gasteiger charge is 2.33. The van der Waals surface area contributed by atoms with E-state index in [1.807, 2.05) is 55.4 Å². The van der Waals surface area contributed by atoms with Gasteiger partial charge < -0.3 is 4.74 Å². The summed E-state index contributed by atoms with van der Waals surface area (Å²) in [6, 6.07) is 0. The summed E-state index contributed by atoms with van der Waals surface area (Å²) < 4.78 is 36.9. The van der Waals surface area contributed by atoms with Gasteiger partial charge in [0.05, 0.1) is 18.9 Å². The number of nitrogens with zero attached hydrogens (tertiary/aromatic N) is 2.